The molecule has 2 heterocycles. The molecular weight excluding hydrogens is 450 g/mol. The van der Waals surface area contributed by atoms with Gasteiger partial charge < -0.3 is 20.3 Å². The number of piperidine rings is 1. The van der Waals surface area contributed by atoms with Gasteiger partial charge in [0.15, 0.2) is 0 Å². The van der Waals surface area contributed by atoms with Gasteiger partial charge in [0.1, 0.15) is 0 Å². The second-order valence-corrected chi connectivity index (χ2v) is 9.30. The number of nitrogens with zero attached hydrogens (tertiary/aromatic N) is 1. The molecule has 1 amide bonds. The molecule has 3 aromatic rings. The van der Waals surface area contributed by atoms with E-state index in [1.165, 1.54) is 45.0 Å². The summed E-state index contributed by atoms with van der Waals surface area (Å²) in [5.41, 5.74) is 6.13. The number of anilines is 2. The molecule has 0 atom stereocenters. The number of nitrogens with one attached hydrogen (secondary N) is 2. The first-order valence-electron chi connectivity index (χ1n) is 12.5. The Morgan fingerprint density at radius 1 is 0.944 bits per heavy atom. The molecule has 3 aromatic carbocycles. The van der Waals surface area contributed by atoms with Crippen molar-refractivity contribution < 1.29 is 14.3 Å². The van der Waals surface area contributed by atoms with E-state index < -0.39 is 5.97 Å². The van der Waals surface area contributed by atoms with Crippen LogP contribution in [0.5, 0.6) is 0 Å². The lowest BCUT2D eigenvalue weighted by Gasteiger charge is -2.26. The van der Waals surface area contributed by atoms with Gasteiger partial charge in [0, 0.05) is 17.8 Å². The predicted octanol–water partition coefficient (Wildman–Crippen LogP) is 5.43. The van der Waals surface area contributed by atoms with Crippen LogP contribution in [-0.2, 0) is 16.0 Å². The van der Waals surface area contributed by atoms with Crippen molar-refractivity contribution in [1.29, 1.82) is 0 Å². The van der Waals surface area contributed by atoms with E-state index in [2.05, 4.69) is 39.8 Å². The Morgan fingerprint density at radius 2 is 1.69 bits per heavy atom. The number of carbonyl (C=O) groups is 2. The maximum atomic E-state index is 13.1. The zero-order chi connectivity index (χ0) is 24.9. The maximum absolute atomic E-state index is 13.1. The molecule has 5 rings (SSSR count). The van der Waals surface area contributed by atoms with Crippen LogP contribution in [0.3, 0.4) is 0 Å². The molecular formula is C30H31N3O3. The average molecular weight is 482 g/mol. The van der Waals surface area contributed by atoms with Crippen molar-refractivity contribution in [3.63, 3.8) is 0 Å². The quantitative estimate of drug-likeness (QED) is 0.348. The fraction of sp³-hybridized carbons (Fsp3) is 0.267. The summed E-state index contributed by atoms with van der Waals surface area (Å²) in [5.74, 6) is -0.650. The molecule has 2 aliphatic heterocycles. The maximum Gasteiger partial charge on any atom is 0.337 e. The molecule has 2 aliphatic rings. The largest absolute Gasteiger partial charge is 0.465 e. The van der Waals surface area contributed by atoms with Crippen molar-refractivity contribution in [2.24, 2.45) is 0 Å². The first-order valence-corrected chi connectivity index (χ1v) is 12.5. The third-order valence-corrected chi connectivity index (χ3v) is 6.89. The third kappa shape index (κ3) is 5.19. The second-order valence-electron chi connectivity index (χ2n) is 9.30. The van der Waals surface area contributed by atoms with Crippen molar-refractivity contribution in [1.82, 2.24) is 4.90 Å². The molecule has 0 bridgehead atoms. The second kappa shape index (κ2) is 10.8. The van der Waals surface area contributed by atoms with Crippen LogP contribution < -0.4 is 10.6 Å². The minimum atomic E-state index is -0.439. The van der Waals surface area contributed by atoms with E-state index in [-0.39, 0.29) is 5.91 Å². The zero-order valence-corrected chi connectivity index (χ0v) is 20.5. The van der Waals surface area contributed by atoms with E-state index in [0.717, 1.165) is 35.5 Å². The minimum Gasteiger partial charge on any atom is -0.465 e. The van der Waals surface area contributed by atoms with Crippen LogP contribution in [0.25, 0.3) is 11.3 Å². The molecule has 0 unspecified atom stereocenters. The van der Waals surface area contributed by atoms with Gasteiger partial charge in [0.2, 0.25) is 0 Å². The van der Waals surface area contributed by atoms with Gasteiger partial charge in [-0.3, -0.25) is 4.79 Å². The molecule has 0 saturated carbocycles. The minimum absolute atomic E-state index is 0.212. The number of esters is 1. The van der Waals surface area contributed by atoms with Crippen molar-refractivity contribution in [2.75, 3.05) is 37.4 Å². The standard InChI is InChI=1S/C30H31N3O3/c1-36-30(35)23-12-15-25-26(20-23)32-29(34)27(25)28(22-8-4-2-5-9-22)31-24-13-10-21(11-14-24)16-19-33-17-6-3-7-18-33/h2,4-5,8-15,20,31H,3,6-7,16-19H2,1H3,(H,32,34)/b28-27-. The van der Waals surface area contributed by atoms with Crippen molar-refractivity contribution >= 4 is 34.5 Å². The predicted molar refractivity (Wildman–Crippen MR) is 144 cm³/mol. The number of fused-ring (bicyclic) bond motifs is 1. The molecule has 36 heavy (non-hydrogen) atoms. The fourth-order valence-electron chi connectivity index (χ4n) is 4.92. The summed E-state index contributed by atoms with van der Waals surface area (Å²) < 4.78 is 4.83. The van der Waals surface area contributed by atoms with E-state index in [1.807, 2.05) is 30.3 Å². The molecule has 1 fully saturated rings. The fourth-order valence-corrected chi connectivity index (χ4v) is 4.92. The van der Waals surface area contributed by atoms with Crippen LogP contribution in [0, 0.1) is 0 Å². The van der Waals surface area contributed by atoms with Gasteiger partial charge in [-0.25, -0.2) is 4.79 Å². The van der Waals surface area contributed by atoms with E-state index in [0.29, 0.717) is 16.8 Å². The summed E-state index contributed by atoms with van der Waals surface area (Å²) >= 11 is 0. The van der Waals surface area contributed by atoms with Gasteiger partial charge in [-0.2, -0.15) is 0 Å². The summed E-state index contributed by atoms with van der Waals surface area (Å²) in [6, 6.07) is 23.4. The highest BCUT2D eigenvalue weighted by atomic mass is 16.5. The number of rotatable bonds is 7. The highest BCUT2D eigenvalue weighted by molar-refractivity contribution is 6.37. The van der Waals surface area contributed by atoms with E-state index >= 15 is 0 Å². The van der Waals surface area contributed by atoms with Gasteiger partial charge in [-0.05, 0) is 67.7 Å². The van der Waals surface area contributed by atoms with E-state index in [1.54, 1.807) is 18.2 Å². The normalized spacial score (nSPS) is 16.8. The van der Waals surface area contributed by atoms with Crippen molar-refractivity contribution in [2.45, 2.75) is 25.7 Å². The molecule has 1 saturated heterocycles. The molecule has 0 spiro atoms. The van der Waals surface area contributed by atoms with Gasteiger partial charge in [0.25, 0.3) is 5.91 Å². The van der Waals surface area contributed by atoms with Gasteiger partial charge in [0.05, 0.1) is 29.6 Å². The van der Waals surface area contributed by atoms with Crippen LogP contribution in [0.2, 0.25) is 0 Å². The van der Waals surface area contributed by atoms with Crippen molar-refractivity contribution in [3.8, 4) is 0 Å². The Hall–Kier alpha value is -3.90. The summed E-state index contributed by atoms with van der Waals surface area (Å²) in [6.45, 7) is 3.51. The van der Waals surface area contributed by atoms with Crippen LogP contribution >= 0.6 is 0 Å². The van der Waals surface area contributed by atoms with Crippen LogP contribution in [0.4, 0.5) is 11.4 Å². The number of carbonyl (C=O) groups excluding carboxylic acids is 2. The monoisotopic (exact) mass is 481 g/mol. The van der Waals surface area contributed by atoms with Crippen LogP contribution in [0.15, 0.2) is 72.8 Å². The summed E-state index contributed by atoms with van der Waals surface area (Å²) in [4.78, 5) is 27.7. The third-order valence-electron chi connectivity index (χ3n) is 6.89. The van der Waals surface area contributed by atoms with Gasteiger partial charge >= 0.3 is 5.97 Å². The lowest BCUT2D eigenvalue weighted by atomic mass is 9.99. The van der Waals surface area contributed by atoms with E-state index in [9.17, 15) is 9.59 Å². The Balaban J connectivity index is 1.43. The Morgan fingerprint density at radius 3 is 2.42 bits per heavy atom. The molecule has 2 N–H and O–H groups in total. The van der Waals surface area contributed by atoms with E-state index in [4.69, 9.17) is 4.74 Å². The number of hydrogen-bond acceptors (Lipinski definition) is 5. The highest BCUT2D eigenvalue weighted by Gasteiger charge is 2.29. The molecule has 0 radical (unpaired) electrons. The first kappa shape index (κ1) is 23.8. The Bertz CT molecular complexity index is 1280. The number of ether oxygens (including phenoxy) is 1. The zero-order valence-electron chi connectivity index (χ0n) is 20.5. The van der Waals surface area contributed by atoms with Crippen LogP contribution in [0.1, 0.15) is 46.3 Å². The van der Waals surface area contributed by atoms with Crippen LogP contribution in [-0.4, -0.2) is 43.5 Å². The molecule has 6 nitrogen and oxygen atoms in total. The summed E-state index contributed by atoms with van der Waals surface area (Å²) in [6.07, 6.45) is 5.00. The lowest BCUT2D eigenvalue weighted by Crippen LogP contribution is -2.31. The topological polar surface area (TPSA) is 70.7 Å². The number of amides is 1. The average Bonchev–Trinajstić information content (AvgIpc) is 3.26. The molecule has 0 aromatic heterocycles. The molecule has 184 valence electrons. The molecule has 6 heteroatoms. The lowest BCUT2D eigenvalue weighted by molar-refractivity contribution is -0.110. The summed E-state index contributed by atoms with van der Waals surface area (Å²) in [7, 11) is 1.34. The van der Waals surface area contributed by atoms with Crippen molar-refractivity contribution in [3.05, 3.63) is 95.1 Å². The number of hydrogen-bond donors (Lipinski definition) is 2. The number of benzene rings is 3. The number of likely N-dealkylation sites (tertiary alicyclic amines) is 1. The first-order chi connectivity index (χ1) is 17.6. The smallest absolute Gasteiger partial charge is 0.337 e. The highest BCUT2D eigenvalue weighted by Crippen LogP contribution is 2.38. The Labute approximate surface area is 212 Å². The Kier molecular flexibility index (Phi) is 7.14. The molecule has 0 aliphatic carbocycles. The van der Waals surface area contributed by atoms with Gasteiger partial charge in [-0.15, -0.1) is 0 Å². The van der Waals surface area contributed by atoms with Gasteiger partial charge in [-0.1, -0.05) is 55.0 Å². The SMILES string of the molecule is COC(=O)c1ccc2c(c1)NC(=O)/C2=C(\Nc1ccc(CCN2CCCCC2)cc1)c1ccccc1. The number of methoxy groups -OCH3 is 1. The summed E-state index contributed by atoms with van der Waals surface area (Å²) in [5, 5.41) is 6.42.